The Hall–Kier alpha value is -6.24. The second-order valence-corrected chi connectivity index (χ2v) is 13.2. The van der Waals surface area contributed by atoms with Crippen LogP contribution >= 0.6 is 0 Å². The second-order valence-electron chi connectivity index (χ2n) is 13.2. The average molecular weight is 621 g/mol. The van der Waals surface area contributed by atoms with Gasteiger partial charge < -0.3 is 0 Å². The molecule has 0 bridgehead atoms. The van der Waals surface area contributed by atoms with E-state index in [0.717, 1.165) is 0 Å². The van der Waals surface area contributed by atoms with Crippen LogP contribution in [0.1, 0.15) is 22.3 Å². The summed E-state index contributed by atoms with van der Waals surface area (Å²) in [5.74, 6) is 0. The molecule has 0 heteroatoms. The molecule has 9 aromatic carbocycles. The van der Waals surface area contributed by atoms with Crippen LogP contribution in [-0.4, -0.2) is 0 Å². The lowest BCUT2D eigenvalue weighted by atomic mass is 9.67. The fourth-order valence-corrected chi connectivity index (χ4v) is 8.67. The van der Waals surface area contributed by atoms with Gasteiger partial charge in [-0.25, -0.2) is 0 Å². The molecule has 0 aliphatic heterocycles. The van der Waals surface area contributed by atoms with E-state index in [2.05, 4.69) is 194 Å². The van der Waals surface area contributed by atoms with E-state index >= 15 is 0 Å². The van der Waals surface area contributed by atoms with E-state index in [-0.39, 0.29) is 0 Å². The zero-order valence-electron chi connectivity index (χ0n) is 27.0. The summed E-state index contributed by atoms with van der Waals surface area (Å²) in [6.45, 7) is 0. The Morgan fingerprint density at radius 2 is 0.796 bits per heavy atom. The number of benzene rings is 9. The lowest BCUT2D eigenvalue weighted by Crippen LogP contribution is -2.28. The van der Waals surface area contributed by atoms with Gasteiger partial charge in [-0.05, 0) is 100 Å². The summed E-state index contributed by atoms with van der Waals surface area (Å²) in [5.41, 5.74) is 12.3. The van der Waals surface area contributed by atoms with Gasteiger partial charge in [0, 0.05) is 0 Å². The molecule has 228 valence electrons. The molecule has 0 saturated heterocycles. The normalized spacial score (nSPS) is 13.1. The summed E-state index contributed by atoms with van der Waals surface area (Å²) in [6.07, 6.45) is 0. The summed E-state index contributed by atoms with van der Waals surface area (Å²) >= 11 is 0. The van der Waals surface area contributed by atoms with Gasteiger partial charge in [-0.1, -0.05) is 182 Å². The Balaban J connectivity index is 1.37. The van der Waals surface area contributed by atoms with Crippen LogP contribution in [0.4, 0.5) is 0 Å². The summed E-state index contributed by atoms with van der Waals surface area (Å²) < 4.78 is 0. The molecule has 49 heavy (non-hydrogen) atoms. The minimum absolute atomic E-state index is 0.531. The van der Waals surface area contributed by atoms with Crippen LogP contribution < -0.4 is 0 Å². The van der Waals surface area contributed by atoms with Gasteiger partial charge in [-0.2, -0.15) is 0 Å². The Bertz CT molecular complexity index is 2650. The van der Waals surface area contributed by atoms with Gasteiger partial charge in [0.2, 0.25) is 0 Å². The molecule has 0 saturated carbocycles. The molecule has 10 rings (SSSR count). The number of fused-ring (bicyclic) bond motifs is 7. The summed E-state index contributed by atoms with van der Waals surface area (Å²) in [6, 6.07) is 72.0. The van der Waals surface area contributed by atoms with E-state index in [1.165, 1.54) is 88.0 Å². The van der Waals surface area contributed by atoms with Gasteiger partial charge in [0.15, 0.2) is 0 Å². The zero-order chi connectivity index (χ0) is 32.4. The highest BCUT2D eigenvalue weighted by atomic mass is 14.5. The maximum absolute atomic E-state index is 2.52. The molecule has 0 amide bonds. The first kappa shape index (κ1) is 27.8. The Labute approximate surface area is 286 Å². The van der Waals surface area contributed by atoms with Gasteiger partial charge in [0.25, 0.3) is 0 Å². The Morgan fingerprint density at radius 3 is 1.45 bits per heavy atom. The molecule has 0 fully saturated rings. The lowest BCUT2D eigenvalue weighted by molar-refractivity contribution is 0.769. The quantitative estimate of drug-likeness (QED) is 0.184. The Kier molecular flexibility index (Phi) is 6.19. The van der Waals surface area contributed by atoms with E-state index < -0.39 is 5.41 Å². The van der Waals surface area contributed by atoms with E-state index in [9.17, 15) is 0 Å². The molecule has 0 unspecified atom stereocenters. The van der Waals surface area contributed by atoms with Crippen LogP contribution in [0.2, 0.25) is 0 Å². The van der Waals surface area contributed by atoms with Crippen LogP contribution in [0.3, 0.4) is 0 Å². The van der Waals surface area contributed by atoms with E-state index in [1.807, 2.05) is 0 Å². The second kappa shape index (κ2) is 10.9. The lowest BCUT2D eigenvalue weighted by Gasteiger charge is -2.34. The third kappa shape index (κ3) is 4.04. The zero-order valence-corrected chi connectivity index (χ0v) is 27.0. The standard InChI is InChI=1S/C49H32/c1-3-19-36(20-4-1)49(37-21-5-2-6-22-37)46-31-35(40-27-13-17-33-15-7-9-23-38(33)40)29-30-44(46)48-43-26-12-11-25-42(43)45(32-47(48)49)41-28-14-18-34-16-8-10-24-39(34)41/h1-32H. The molecule has 0 heterocycles. The molecule has 0 radical (unpaired) electrons. The smallest absolute Gasteiger partial charge is 0.0622 e. The Morgan fingerprint density at radius 1 is 0.286 bits per heavy atom. The van der Waals surface area contributed by atoms with Gasteiger partial charge in [0.05, 0.1) is 5.41 Å². The van der Waals surface area contributed by atoms with Crippen molar-refractivity contribution >= 4 is 32.3 Å². The van der Waals surface area contributed by atoms with Crippen molar-refractivity contribution in [3.63, 3.8) is 0 Å². The highest BCUT2D eigenvalue weighted by Gasteiger charge is 2.47. The largest absolute Gasteiger partial charge is 0.0714 e. The number of hydrogen-bond donors (Lipinski definition) is 0. The third-order valence-corrected chi connectivity index (χ3v) is 10.7. The van der Waals surface area contributed by atoms with Gasteiger partial charge in [-0.15, -0.1) is 0 Å². The fraction of sp³-hybridized carbons (Fsp3) is 0.0204. The van der Waals surface area contributed by atoms with Gasteiger partial charge in [-0.3, -0.25) is 0 Å². The maximum Gasteiger partial charge on any atom is 0.0714 e. The van der Waals surface area contributed by atoms with Crippen LogP contribution in [0, 0.1) is 0 Å². The van der Waals surface area contributed by atoms with Crippen molar-refractivity contribution in [2.45, 2.75) is 5.41 Å². The maximum atomic E-state index is 2.52. The molecule has 1 aliphatic carbocycles. The number of hydrogen-bond acceptors (Lipinski definition) is 0. The van der Waals surface area contributed by atoms with E-state index in [0.29, 0.717) is 0 Å². The van der Waals surface area contributed by atoms with Crippen molar-refractivity contribution in [3.05, 3.63) is 216 Å². The first-order chi connectivity index (χ1) is 24.3. The van der Waals surface area contributed by atoms with Gasteiger partial charge in [0.1, 0.15) is 0 Å². The van der Waals surface area contributed by atoms with Crippen molar-refractivity contribution < 1.29 is 0 Å². The highest BCUT2D eigenvalue weighted by molar-refractivity contribution is 6.13. The first-order valence-corrected chi connectivity index (χ1v) is 17.1. The molecule has 9 aromatic rings. The topological polar surface area (TPSA) is 0 Å². The molecule has 0 atom stereocenters. The number of rotatable bonds is 4. The van der Waals surface area contributed by atoms with Crippen molar-refractivity contribution in [1.82, 2.24) is 0 Å². The van der Waals surface area contributed by atoms with Crippen molar-refractivity contribution in [3.8, 4) is 33.4 Å². The minimum atomic E-state index is -0.531. The fourth-order valence-electron chi connectivity index (χ4n) is 8.67. The summed E-state index contributed by atoms with van der Waals surface area (Å²) in [4.78, 5) is 0. The monoisotopic (exact) mass is 620 g/mol. The summed E-state index contributed by atoms with van der Waals surface area (Å²) in [5, 5.41) is 7.62. The van der Waals surface area contributed by atoms with E-state index in [4.69, 9.17) is 0 Å². The highest BCUT2D eigenvalue weighted by Crippen LogP contribution is 2.59. The van der Waals surface area contributed by atoms with Crippen molar-refractivity contribution in [2.75, 3.05) is 0 Å². The van der Waals surface area contributed by atoms with Crippen LogP contribution in [0.5, 0.6) is 0 Å². The van der Waals surface area contributed by atoms with Crippen LogP contribution in [0.25, 0.3) is 65.7 Å². The molecule has 0 spiro atoms. The van der Waals surface area contributed by atoms with E-state index in [1.54, 1.807) is 0 Å². The first-order valence-electron chi connectivity index (χ1n) is 17.1. The molecular weight excluding hydrogens is 589 g/mol. The summed E-state index contributed by atoms with van der Waals surface area (Å²) in [7, 11) is 0. The molecule has 0 N–H and O–H groups in total. The van der Waals surface area contributed by atoms with Crippen LogP contribution in [0.15, 0.2) is 194 Å². The predicted octanol–water partition coefficient (Wildman–Crippen LogP) is 12.8. The van der Waals surface area contributed by atoms with Crippen molar-refractivity contribution in [2.24, 2.45) is 0 Å². The minimum Gasteiger partial charge on any atom is -0.0622 e. The molecule has 1 aliphatic rings. The molecule has 0 nitrogen and oxygen atoms in total. The van der Waals surface area contributed by atoms with Crippen molar-refractivity contribution in [1.29, 1.82) is 0 Å². The predicted molar refractivity (Wildman–Crippen MR) is 207 cm³/mol. The van der Waals surface area contributed by atoms with Gasteiger partial charge >= 0.3 is 0 Å². The molecular formula is C49H32. The average Bonchev–Trinajstić information content (AvgIpc) is 3.48. The third-order valence-electron chi connectivity index (χ3n) is 10.7. The van der Waals surface area contributed by atoms with Crippen LogP contribution in [-0.2, 0) is 5.41 Å². The SMILES string of the molecule is c1ccc(C2(c3ccccc3)c3cc(-c4cccc5ccccc45)ccc3-c3c2cc(-c2cccc4ccccc24)c2ccccc32)cc1. The molecule has 0 aromatic heterocycles.